The fourth-order valence-corrected chi connectivity index (χ4v) is 7.06. The number of fused-ring (bicyclic) bond motifs is 1. The molecule has 10 heteroatoms. The number of benzene rings is 2. The van der Waals surface area contributed by atoms with E-state index in [-0.39, 0.29) is 17.0 Å². The van der Waals surface area contributed by atoms with Gasteiger partial charge in [-0.15, -0.1) is 0 Å². The Balaban J connectivity index is 1.45. The Morgan fingerprint density at radius 1 is 1.12 bits per heavy atom. The van der Waals surface area contributed by atoms with Crippen LogP contribution in [0.25, 0.3) is 11.8 Å². The summed E-state index contributed by atoms with van der Waals surface area (Å²) in [6.45, 7) is 3.25. The molecule has 1 saturated carbocycles. The van der Waals surface area contributed by atoms with Gasteiger partial charge >= 0.3 is 0 Å². The summed E-state index contributed by atoms with van der Waals surface area (Å²) in [5, 5.41) is 6.91. The van der Waals surface area contributed by atoms with E-state index in [9.17, 15) is 12.8 Å². The van der Waals surface area contributed by atoms with Gasteiger partial charge < -0.3 is 14.2 Å². The first-order chi connectivity index (χ1) is 19.5. The van der Waals surface area contributed by atoms with Crippen LogP contribution in [0, 0.1) is 18.2 Å². The van der Waals surface area contributed by atoms with Crippen LogP contribution < -0.4 is 4.74 Å². The van der Waals surface area contributed by atoms with Crippen molar-refractivity contribution in [2.75, 3.05) is 39.3 Å². The van der Waals surface area contributed by atoms with Gasteiger partial charge in [-0.3, -0.25) is 5.01 Å². The third-order valence-corrected chi connectivity index (χ3v) is 9.58. The molecule has 1 spiro atoms. The van der Waals surface area contributed by atoms with E-state index in [1.165, 1.54) is 18.4 Å². The molecule has 0 N–H and O–H groups in total. The number of methoxy groups -OCH3 is 1. The summed E-state index contributed by atoms with van der Waals surface area (Å²) in [5.74, 6) is 1.30. The molecule has 6 rings (SSSR count). The maximum atomic E-state index is 14.0. The van der Waals surface area contributed by atoms with Crippen molar-refractivity contribution in [3.05, 3.63) is 83.2 Å². The lowest BCUT2D eigenvalue weighted by Gasteiger charge is -2.54. The van der Waals surface area contributed by atoms with E-state index < -0.39 is 15.4 Å². The minimum Gasteiger partial charge on any atom is -0.495 e. The number of likely N-dealkylation sites (N-methyl/N-ethyl adjacent to an activating group) is 1. The van der Waals surface area contributed by atoms with E-state index in [2.05, 4.69) is 22.0 Å². The van der Waals surface area contributed by atoms with Crippen molar-refractivity contribution in [2.24, 2.45) is 10.5 Å². The highest BCUT2D eigenvalue weighted by atomic mass is 32.2. The molecule has 216 valence electrons. The SMILES string of the molecule is COc1cc(/C=C2\CC3(CC3)CN3C2=NN(C)CC3(CCS(C)(=O)=O)c2ccc(F)cc2)ccc1-n1cnc(C)c1. The van der Waals surface area contributed by atoms with E-state index in [1.807, 2.05) is 41.9 Å². The Morgan fingerprint density at radius 2 is 1.88 bits per heavy atom. The normalized spacial score (nSPS) is 22.6. The Kier molecular flexibility index (Phi) is 6.71. The van der Waals surface area contributed by atoms with Gasteiger partial charge in [-0.05, 0) is 85.1 Å². The molecule has 1 unspecified atom stereocenters. The summed E-state index contributed by atoms with van der Waals surface area (Å²) >= 11 is 0. The molecule has 3 aliphatic rings. The van der Waals surface area contributed by atoms with Crippen molar-refractivity contribution in [3.8, 4) is 11.4 Å². The van der Waals surface area contributed by atoms with Crippen LogP contribution in [0.2, 0.25) is 0 Å². The quantitative estimate of drug-likeness (QED) is 0.402. The van der Waals surface area contributed by atoms with Crippen molar-refractivity contribution in [1.82, 2.24) is 19.5 Å². The maximum absolute atomic E-state index is 14.0. The second-order valence-electron chi connectivity index (χ2n) is 11.9. The number of rotatable bonds is 7. The predicted molar refractivity (Wildman–Crippen MR) is 158 cm³/mol. The fourth-order valence-electron chi connectivity index (χ4n) is 6.35. The number of amidine groups is 1. The van der Waals surface area contributed by atoms with E-state index in [4.69, 9.17) is 9.84 Å². The van der Waals surface area contributed by atoms with Crippen molar-refractivity contribution >= 4 is 21.7 Å². The summed E-state index contributed by atoms with van der Waals surface area (Å²) in [6, 6.07) is 12.7. The first-order valence-corrected chi connectivity index (χ1v) is 16.0. The first kappa shape index (κ1) is 27.5. The molecule has 41 heavy (non-hydrogen) atoms. The molecule has 8 nitrogen and oxygen atoms in total. The standard InChI is InChI=1S/C31H36FN5O3S/c1-22-18-36(21-33-22)27-10-5-23(16-28(27)40-3)15-24-17-30(11-12-30)19-37-29(24)34-35(2)20-31(37,13-14-41(4,38)39)25-6-8-26(32)9-7-25/h5-10,15-16,18,21H,11-14,17,19-20H2,1-4H3/b24-15+. The monoisotopic (exact) mass is 577 g/mol. The van der Waals surface area contributed by atoms with E-state index >= 15 is 0 Å². The van der Waals surface area contributed by atoms with Gasteiger partial charge in [0, 0.05) is 26.0 Å². The lowest BCUT2D eigenvalue weighted by molar-refractivity contribution is 0.0612. The fraction of sp³-hybridized carbons (Fsp3) is 0.419. The van der Waals surface area contributed by atoms with Crippen molar-refractivity contribution in [3.63, 3.8) is 0 Å². The third kappa shape index (κ3) is 5.37. The van der Waals surface area contributed by atoms with Crippen molar-refractivity contribution in [2.45, 2.75) is 38.1 Å². The van der Waals surface area contributed by atoms with Crippen molar-refractivity contribution < 1.29 is 17.5 Å². The van der Waals surface area contributed by atoms with Gasteiger partial charge in [0.15, 0.2) is 5.84 Å². The molecule has 0 bridgehead atoms. The summed E-state index contributed by atoms with van der Waals surface area (Å²) in [5.41, 5.74) is 4.29. The number of imidazole rings is 1. The molecule has 1 aromatic heterocycles. The van der Waals surface area contributed by atoms with Crippen LogP contribution in [0.5, 0.6) is 5.75 Å². The topological polar surface area (TPSA) is 80.0 Å². The van der Waals surface area contributed by atoms with Crippen LogP contribution in [-0.4, -0.2) is 73.0 Å². The van der Waals surface area contributed by atoms with Gasteiger partial charge in [0.25, 0.3) is 0 Å². The Labute approximate surface area is 241 Å². The molecule has 3 heterocycles. The zero-order chi connectivity index (χ0) is 29.0. The number of ether oxygens (including phenoxy) is 1. The summed E-state index contributed by atoms with van der Waals surface area (Å²) in [4.78, 5) is 6.67. The minimum absolute atomic E-state index is 0.0282. The van der Waals surface area contributed by atoms with Crippen LogP contribution in [0.3, 0.4) is 0 Å². The predicted octanol–water partition coefficient (Wildman–Crippen LogP) is 4.79. The van der Waals surface area contributed by atoms with Gasteiger partial charge in [-0.2, -0.15) is 5.10 Å². The van der Waals surface area contributed by atoms with Gasteiger partial charge in [-0.1, -0.05) is 18.2 Å². The Hall–Kier alpha value is -3.66. The number of hydrogen-bond donors (Lipinski definition) is 0. The minimum atomic E-state index is -3.24. The number of sulfone groups is 1. The van der Waals surface area contributed by atoms with Gasteiger partial charge in [-0.25, -0.2) is 17.8 Å². The Bertz CT molecular complexity index is 1640. The highest BCUT2D eigenvalue weighted by Gasteiger charge is 2.55. The highest BCUT2D eigenvalue weighted by molar-refractivity contribution is 7.90. The van der Waals surface area contributed by atoms with Gasteiger partial charge in [0.1, 0.15) is 21.4 Å². The van der Waals surface area contributed by atoms with Gasteiger partial charge in [0.2, 0.25) is 0 Å². The summed E-state index contributed by atoms with van der Waals surface area (Å²) in [7, 11) is 0.355. The second kappa shape index (κ2) is 10.0. The van der Waals surface area contributed by atoms with Crippen LogP contribution in [0.15, 0.2) is 65.7 Å². The number of piperidine rings is 1. The largest absolute Gasteiger partial charge is 0.495 e. The number of hydrazone groups is 1. The third-order valence-electron chi connectivity index (χ3n) is 8.63. The molecule has 0 amide bonds. The van der Waals surface area contributed by atoms with Crippen LogP contribution in [-0.2, 0) is 15.4 Å². The molecule has 2 fully saturated rings. The number of halogens is 1. The zero-order valence-corrected chi connectivity index (χ0v) is 24.8. The molecular weight excluding hydrogens is 541 g/mol. The number of aryl methyl sites for hydroxylation is 1. The first-order valence-electron chi connectivity index (χ1n) is 13.9. The average molecular weight is 578 g/mol. The van der Waals surface area contributed by atoms with E-state index in [0.717, 1.165) is 65.5 Å². The highest BCUT2D eigenvalue weighted by Crippen LogP contribution is 2.57. The van der Waals surface area contributed by atoms with E-state index in [0.29, 0.717) is 13.0 Å². The molecule has 3 aromatic rings. The van der Waals surface area contributed by atoms with Crippen molar-refractivity contribution in [1.29, 1.82) is 0 Å². The van der Waals surface area contributed by atoms with Crippen LogP contribution in [0.4, 0.5) is 4.39 Å². The smallest absolute Gasteiger partial charge is 0.152 e. The average Bonchev–Trinajstić information content (AvgIpc) is 3.53. The lowest BCUT2D eigenvalue weighted by Crippen LogP contribution is -2.62. The molecular formula is C31H36FN5O3S. The molecule has 2 aromatic carbocycles. The zero-order valence-electron chi connectivity index (χ0n) is 24.0. The number of hydrogen-bond acceptors (Lipinski definition) is 7. The van der Waals surface area contributed by atoms with Gasteiger partial charge in [0.05, 0.1) is 42.7 Å². The summed E-state index contributed by atoms with van der Waals surface area (Å²) in [6.07, 6.45) is 10.7. The summed E-state index contributed by atoms with van der Waals surface area (Å²) < 4.78 is 46.6. The molecule has 1 aliphatic carbocycles. The van der Waals surface area contributed by atoms with Crippen LogP contribution in [0.1, 0.15) is 42.5 Å². The number of aromatic nitrogens is 2. The van der Waals surface area contributed by atoms with E-state index in [1.54, 1.807) is 25.6 Å². The Morgan fingerprint density at radius 3 is 2.51 bits per heavy atom. The molecule has 2 aliphatic heterocycles. The molecule has 1 atom stereocenters. The second-order valence-corrected chi connectivity index (χ2v) is 14.2. The number of nitrogens with zero attached hydrogens (tertiary/aromatic N) is 5. The lowest BCUT2D eigenvalue weighted by atomic mass is 9.78. The molecule has 1 saturated heterocycles. The maximum Gasteiger partial charge on any atom is 0.152 e. The van der Waals surface area contributed by atoms with Crippen LogP contribution >= 0.6 is 0 Å². The molecule has 0 radical (unpaired) electrons.